The summed E-state index contributed by atoms with van der Waals surface area (Å²) in [5.41, 5.74) is 0.0670. The van der Waals surface area contributed by atoms with Crippen LogP contribution in [0.15, 0.2) is 54.6 Å². The molecule has 0 aliphatic rings. The van der Waals surface area contributed by atoms with Crippen LogP contribution in [0.5, 0.6) is 5.75 Å². The van der Waals surface area contributed by atoms with Crippen molar-refractivity contribution in [2.75, 3.05) is 18.9 Å². The van der Waals surface area contributed by atoms with Crippen molar-refractivity contribution in [3.63, 3.8) is 0 Å². The minimum atomic E-state index is -0.671. The Morgan fingerprint density at radius 1 is 1.09 bits per heavy atom. The molecule has 0 spiro atoms. The Labute approximate surface area is 127 Å². The van der Waals surface area contributed by atoms with Gasteiger partial charge in [-0.05, 0) is 24.3 Å². The van der Waals surface area contributed by atoms with Crippen LogP contribution in [0.2, 0.25) is 0 Å². The third-order valence-corrected chi connectivity index (χ3v) is 2.79. The van der Waals surface area contributed by atoms with Gasteiger partial charge in [-0.3, -0.25) is 4.79 Å². The van der Waals surface area contributed by atoms with Gasteiger partial charge in [0, 0.05) is 7.05 Å². The molecular formula is C16H15FN2O3. The van der Waals surface area contributed by atoms with Crippen molar-refractivity contribution in [2.45, 2.75) is 0 Å². The molecule has 22 heavy (non-hydrogen) atoms. The highest BCUT2D eigenvalue weighted by Crippen LogP contribution is 2.12. The van der Waals surface area contributed by atoms with E-state index in [-0.39, 0.29) is 12.2 Å². The third-order valence-electron chi connectivity index (χ3n) is 2.79. The number of nitrogens with zero attached hydrogens (tertiary/aromatic N) is 1. The van der Waals surface area contributed by atoms with E-state index in [4.69, 9.17) is 4.74 Å². The Morgan fingerprint density at radius 2 is 1.73 bits per heavy atom. The number of hydrogen-bond acceptors (Lipinski definition) is 3. The highest BCUT2D eigenvalue weighted by Gasteiger charge is 2.15. The summed E-state index contributed by atoms with van der Waals surface area (Å²) in [7, 11) is 1.42. The van der Waals surface area contributed by atoms with Gasteiger partial charge in [0.05, 0.1) is 5.69 Å². The fourth-order valence-electron chi connectivity index (χ4n) is 1.70. The summed E-state index contributed by atoms with van der Waals surface area (Å²) in [4.78, 5) is 24.7. The summed E-state index contributed by atoms with van der Waals surface area (Å²) in [5.74, 6) is -0.670. The summed E-state index contributed by atoms with van der Waals surface area (Å²) < 4.78 is 18.5. The van der Waals surface area contributed by atoms with E-state index in [9.17, 15) is 14.0 Å². The predicted molar refractivity (Wildman–Crippen MR) is 80.1 cm³/mol. The molecule has 0 fully saturated rings. The normalized spacial score (nSPS) is 9.91. The SMILES string of the molecule is CN(CC(=O)Nc1ccccc1F)C(=O)Oc1ccccc1. The van der Waals surface area contributed by atoms with Crippen LogP contribution in [0.25, 0.3) is 0 Å². The van der Waals surface area contributed by atoms with Gasteiger partial charge >= 0.3 is 6.09 Å². The molecule has 0 aliphatic heterocycles. The van der Waals surface area contributed by atoms with Crippen molar-refractivity contribution < 1.29 is 18.7 Å². The van der Waals surface area contributed by atoms with Crippen molar-refractivity contribution in [2.24, 2.45) is 0 Å². The third kappa shape index (κ3) is 4.31. The monoisotopic (exact) mass is 302 g/mol. The molecule has 2 rings (SSSR count). The molecule has 0 atom stereocenters. The second-order valence-electron chi connectivity index (χ2n) is 4.57. The van der Waals surface area contributed by atoms with E-state index in [1.807, 2.05) is 0 Å². The van der Waals surface area contributed by atoms with E-state index < -0.39 is 17.8 Å². The van der Waals surface area contributed by atoms with E-state index in [0.717, 1.165) is 4.90 Å². The maximum Gasteiger partial charge on any atom is 0.415 e. The van der Waals surface area contributed by atoms with Gasteiger partial charge in [0.1, 0.15) is 18.1 Å². The summed E-state index contributed by atoms with van der Waals surface area (Å²) in [6.45, 7) is -0.250. The van der Waals surface area contributed by atoms with Crippen LogP contribution in [0, 0.1) is 5.82 Å². The van der Waals surface area contributed by atoms with Crippen LogP contribution < -0.4 is 10.1 Å². The largest absolute Gasteiger partial charge is 0.415 e. The standard InChI is InChI=1S/C16H15FN2O3/c1-19(16(21)22-12-7-3-2-4-8-12)11-15(20)18-14-10-6-5-9-13(14)17/h2-10H,11H2,1H3,(H,18,20). The van der Waals surface area contributed by atoms with Gasteiger partial charge in [-0.15, -0.1) is 0 Å². The smallest absolute Gasteiger partial charge is 0.410 e. The van der Waals surface area contributed by atoms with Crippen LogP contribution in [0.4, 0.5) is 14.9 Å². The highest BCUT2D eigenvalue weighted by atomic mass is 19.1. The number of halogens is 1. The zero-order valence-corrected chi connectivity index (χ0v) is 12.0. The first-order chi connectivity index (χ1) is 10.6. The number of ether oxygens (including phenoxy) is 1. The molecule has 0 aliphatic carbocycles. The Morgan fingerprint density at radius 3 is 2.41 bits per heavy atom. The van der Waals surface area contributed by atoms with E-state index >= 15 is 0 Å². The maximum atomic E-state index is 13.4. The number of rotatable bonds is 4. The number of carbonyl (C=O) groups is 2. The number of amides is 2. The lowest BCUT2D eigenvalue weighted by Gasteiger charge is -2.16. The van der Waals surface area contributed by atoms with Crippen LogP contribution >= 0.6 is 0 Å². The van der Waals surface area contributed by atoms with E-state index in [0.29, 0.717) is 5.75 Å². The number of hydrogen-bond donors (Lipinski definition) is 1. The predicted octanol–water partition coefficient (Wildman–Crippen LogP) is 2.90. The molecule has 1 N–H and O–H groups in total. The molecule has 2 aromatic rings. The quantitative estimate of drug-likeness (QED) is 0.944. The van der Waals surface area contributed by atoms with E-state index in [1.165, 1.54) is 25.2 Å². The first-order valence-electron chi connectivity index (χ1n) is 6.58. The van der Waals surface area contributed by atoms with E-state index in [1.54, 1.807) is 36.4 Å². The lowest BCUT2D eigenvalue weighted by Crippen LogP contribution is -2.36. The van der Waals surface area contributed by atoms with Crippen molar-refractivity contribution in [3.8, 4) is 5.75 Å². The average Bonchev–Trinajstić information content (AvgIpc) is 2.50. The number of para-hydroxylation sites is 2. The molecule has 2 amide bonds. The fraction of sp³-hybridized carbons (Fsp3) is 0.125. The van der Waals surface area contributed by atoms with Crippen molar-refractivity contribution in [3.05, 3.63) is 60.4 Å². The zero-order chi connectivity index (χ0) is 15.9. The van der Waals surface area contributed by atoms with Gasteiger partial charge < -0.3 is 15.0 Å². The Bertz CT molecular complexity index is 661. The molecule has 0 bridgehead atoms. The van der Waals surface area contributed by atoms with Crippen LogP contribution in [-0.2, 0) is 4.79 Å². The van der Waals surface area contributed by atoms with Crippen molar-refractivity contribution >= 4 is 17.7 Å². The topological polar surface area (TPSA) is 58.6 Å². The molecule has 5 nitrogen and oxygen atoms in total. The summed E-state index contributed by atoms with van der Waals surface area (Å²) in [5, 5.41) is 2.40. The lowest BCUT2D eigenvalue weighted by molar-refractivity contribution is -0.116. The molecule has 0 saturated heterocycles. The lowest BCUT2D eigenvalue weighted by atomic mass is 10.3. The van der Waals surface area contributed by atoms with Crippen LogP contribution in [0.1, 0.15) is 0 Å². The highest BCUT2D eigenvalue weighted by molar-refractivity contribution is 5.94. The number of benzene rings is 2. The minimum absolute atomic E-state index is 0.0670. The summed E-state index contributed by atoms with van der Waals surface area (Å²) in [6.07, 6.45) is -0.671. The van der Waals surface area contributed by atoms with Crippen LogP contribution in [0.3, 0.4) is 0 Å². The maximum absolute atomic E-state index is 13.4. The first-order valence-corrected chi connectivity index (χ1v) is 6.58. The average molecular weight is 302 g/mol. The van der Waals surface area contributed by atoms with Crippen LogP contribution in [-0.4, -0.2) is 30.5 Å². The molecule has 2 aromatic carbocycles. The number of nitrogens with one attached hydrogen (secondary N) is 1. The molecule has 0 saturated carbocycles. The molecule has 0 heterocycles. The Hall–Kier alpha value is -2.89. The number of anilines is 1. The number of carbonyl (C=O) groups excluding carboxylic acids is 2. The Kier molecular flexibility index (Phi) is 5.08. The van der Waals surface area contributed by atoms with Gasteiger partial charge in [0.15, 0.2) is 0 Å². The van der Waals surface area contributed by atoms with Gasteiger partial charge in [-0.2, -0.15) is 0 Å². The van der Waals surface area contributed by atoms with Gasteiger partial charge in [-0.25, -0.2) is 9.18 Å². The Balaban J connectivity index is 1.88. The van der Waals surface area contributed by atoms with Gasteiger partial charge in [0.2, 0.25) is 5.91 Å². The fourth-order valence-corrected chi connectivity index (χ4v) is 1.70. The van der Waals surface area contributed by atoms with E-state index in [2.05, 4.69) is 5.32 Å². The second-order valence-corrected chi connectivity index (χ2v) is 4.57. The second kappa shape index (κ2) is 7.21. The van der Waals surface area contributed by atoms with Gasteiger partial charge in [0.25, 0.3) is 0 Å². The minimum Gasteiger partial charge on any atom is -0.410 e. The van der Waals surface area contributed by atoms with Crippen molar-refractivity contribution in [1.29, 1.82) is 0 Å². The molecule has 0 unspecified atom stereocenters. The molecular weight excluding hydrogens is 287 g/mol. The number of likely N-dealkylation sites (N-methyl/N-ethyl adjacent to an activating group) is 1. The first kappa shape index (κ1) is 15.5. The zero-order valence-electron chi connectivity index (χ0n) is 12.0. The molecule has 6 heteroatoms. The summed E-state index contributed by atoms with van der Waals surface area (Å²) in [6, 6.07) is 14.3. The molecule has 0 aromatic heterocycles. The molecule has 0 radical (unpaired) electrons. The summed E-state index contributed by atoms with van der Waals surface area (Å²) >= 11 is 0. The molecule has 114 valence electrons. The van der Waals surface area contributed by atoms with Crippen molar-refractivity contribution in [1.82, 2.24) is 4.90 Å². The van der Waals surface area contributed by atoms with Gasteiger partial charge in [-0.1, -0.05) is 30.3 Å².